The number of H-pyrrole nitrogens is 1. The average Bonchev–Trinajstić information content (AvgIpc) is 2.38. The fourth-order valence-corrected chi connectivity index (χ4v) is 2.05. The third-order valence-electron chi connectivity index (χ3n) is 2.97. The molecule has 0 aliphatic heterocycles. The summed E-state index contributed by atoms with van der Waals surface area (Å²) in [6.07, 6.45) is 1.78. The van der Waals surface area contributed by atoms with Crippen LogP contribution in [-0.2, 0) is 6.42 Å². The van der Waals surface area contributed by atoms with Gasteiger partial charge in [0.05, 0.1) is 7.11 Å². The Bertz CT molecular complexity index is 632. The average molecular weight is 258 g/mol. The Kier molecular flexibility index (Phi) is 4.00. The Morgan fingerprint density at radius 2 is 2.11 bits per heavy atom. The molecule has 0 spiro atoms. The zero-order valence-corrected chi connectivity index (χ0v) is 11.5. The van der Waals surface area contributed by atoms with Crippen molar-refractivity contribution in [2.75, 3.05) is 7.11 Å². The summed E-state index contributed by atoms with van der Waals surface area (Å²) >= 11 is 0. The lowest BCUT2D eigenvalue weighted by atomic mass is 10.1. The molecule has 0 bridgehead atoms. The molecule has 0 aliphatic carbocycles. The minimum absolute atomic E-state index is 0.109. The summed E-state index contributed by atoms with van der Waals surface area (Å²) in [4.78, 5) is 18.9. The second-order valence-electron chi connectivity index (χ2n) is 4.52. The number of hydrogen-bond donors (Lipinski definition) is 1. The van der Waals surface area contributed by atoms with Crippen LogP contribution in [0.3, 0.4) is 0 Å². The van der Waals surface area contributed by atoms with Crippen molar-refractivity contribution in [1.82, 2.24) is 9.97 Å². The Hall–Kier alpha value is -2.10. The van der Waals surface area contributed by atoms with Crippen LogP contribution in [0.25, 0.3) is 11.4 Å². The van der Waals surface area contributed by atoms with Gasteiger partial charge in [0.2, 0.25) is 0 Å². The molecule has 1 heterocycles. The van der Waals surface area contributed by atoms with Crippen LogP contribution < -0.4 is 10.3 Å². The number of aromatic nitrogens is 2. The van der Waals surface area contributed by atoms with Gasteiger partial charge < -0.3 is 9.72 Å². The van der Waals surface area contributed by atoms with Crippen molar-refractivity contribution in [3.8, 4) is 17.1 Å². The first-order valence-electron chi connectivity index (χ1n) is 6.39. The highest BCUT2D eigenvalue weighted by molar-refractivity contribution is 5.58. The fourth-order valence-electron chi connectivity index (χ4n) is 2.05. The summed E-state index contributed by atoms with van der Waals surface area (Å²) in [5.74, 6) is 1.44. The number of aromatic amines is 1. The summed E-state index contributed by atoms with van der Waals surface area (Å²) in [5, 5.41) is 0. The van der Waals surface area contributed by atoms with E-state index < -0.39 is 0 Å². The number of nitrogens with one attached hydrogen (secondary N) is 1. The molecule has 0 atom stereocenters. The fraction of sp³-hybridized carbons (Fsp3) is 0.333. The van der Waals surface area contributed by atoms with Gasteiger partial charge >= 0.3 is 0 Å². The standard InChI is InChI=1S/C15H18N2O2/c1-4-5-12-9-14(18)17-15(16-12)11-6-7-13(19-3)10(2)8-11/h6-9H,4-5H2,1-3H3,(H,16,17,18). The lowest BCUT2D eigenvalue weighted by molar-refractivity contribution is 0.412. The van der Waals surface area contributed by atoms with Crippen LogP contribution in [0.5, 0.6) is 5.75 Å². The summed E-state index contributed by atoms with van der Waals surface area (Å²) in [7, 11) is 1.64. The molecular formula is C15H18N2O2. The molecule has 0 saturated heterocycles. The Balaban J connectivity index is 2.46. The largest absolute Gasteiger partial charge is 0.496 e. The topological polar surface area (TPSA) is 55.0 Å². The maximum absolute atomic E-state index is 11.6. The summed E-state index contributed by atoms with van der Waals surface area (Å²) in [5.41, 5.74) is 2.63. The molecule has 0 saturated carbocycles. The first-order valence-corrected chi connectivity index (χ1v) is 6.39. The van der Waals surface area contributed by atoms with Gasteiger partial charge in [-0.2, -0.15) is 0 Å². The first kappa shape index (κ1) is 13.3. The second-order valence-corrected chi connectivity index (χ2v) is 4.52. The SMILES string of the molecule is CCCc1cc(=O)[nH]c(-c2ccc(OC)c(C)c2)n1. The third-order valence-corrected chi connectivity index (χ3v) is 2.97. The Morgan fingerprint density at radius 1 is 1.32 bits per heavy atom. The van der Waals surface area contributed by atoms with E-state index in [2.05, 4.69) is 16.9 Å². The quantitative estimate of drug-likeness (QED) is 0.917. The van der Waals surface area contributed by atoms with E-state index in [1.54, 1.807) is 13.2 Å². The molecule has 4 nitrogen and oxygen atoms in total. The number of ether oxygens (including phenoxy) is 1. The first-order chi connectivity index (χ1) is 9.13. The molecule has 2 rings (SSSR count). The van der Waals surface area contributed by atoms with Crippen molar-refractivity contribution in [2.45, 2.75) is 26.7 Å². The van der Waals surface area contributed by atoms with Crippen LogP contribution in [0.4, 0.5) is 0 Å². The van der Waals surface area contributed by atoms with Crippen LogP contribution in [0.1, 0.15) is 24.6 Å². The molecule has 0 amide bonds. The van der Waals surface area contributed by atoms with Crippen LogP contribution in [0.15, 0.2) is 29.1 Å². The lowest BCUT2D eigenvalue weighted by Crippen LogP contribution is -2.10. The van der Waals surface area contributed by atoms with Gasteiger partial charge in [0.1, 0.15) is 11.6 Å². The van der Waals surface area contributed by atoms with E-state index in [-0.39, 0.29) is 5.56 Å². The molecule has 1 aromatic carbocycles. The summed E-state index contributed by atoms with van der Waals surface area (Å²) in [6, 6.07) is 7.31. The predicted molar refractivity (Wildman–Crippen MR) is 75.6 cm³/mol. The van der Waals surface area contributed by atoms with Gasteiger partial charge in [-0.3, -0.25) is 4.79 Å². The zero-order valence-electron chi connectivity index (χ0n) is 11.5. The van der Waals surface area contributed by atoms with Gasteiger partial charge in [0, 0.05) is 17.3 Å². The molecule has 19 heavy (non-hydrogen) atoms. The van der Waals surface area contributed by atoms with Crippen molar-refractivity contribution < 1.29 is 4.74 Å². The van der Waals surface area contributed by atoms with Gasteiger partial charge in [0.25, 0.3) is 5.56 Å². The summed E-state index contributed by atoms with van der Waals surface area (Å²) in [6.45, 7) is 4.04. The van der Waals surface area contributed by atoms with E-state index in [1.807, 2.05) is 25.1 Å². The van der Waals surface area contributed by atoms with Crippen LogP contribution in [-0.4, -0.2) is 17.1 Å². The highest BCUT2D eigenvalue weighted by atomic mass is 16.5. The van der Waals surface area contributed by atoms with E-state index in [0.717, 1.165) is 35.4 Å². The van der Waals surface area contributed by atoms with Gasteiger partial charge in [-0.05, 0) is 37.1 Å². The molecular weight excluding hydrogens is 240 g/mol. The number of hydrogen-bond acceptors (Lipinski definition) is 3. The number of nitrogens with zero attached hydrogens (tertiary/aromatic N) is 1. The second kappa shape index (κ2) is 5.69. The van der Waals surface area contributed by atoms with E-state index in [0.29, 0.717) is 5.82 Å². The van der Waals surface area contributed by atoms with Gasteiger partial charge in [-0.25, -0.2) is 4.98 Å². The number of rotatable bonds is 4. The van der Waals surface area contributed by atoms with Crippen LogP contribution in [0, 0.1) is 6.92 Å². The molecule has 100 valence electrons. The molecule has 4 heteroatoms. The lowest BCUT2D eigenvalue weighted by Gasteiger charge is -2.08. The number of benzene rings is 1. The van der Waals surface area contributed by atoms with Crippen molar-refractivity contribution in [3.05, 3.63) is 45.9 Å². The van der Waals surface area contributed by atoms with E-state index >= 15 is 0 Å². The smallest absolute Gasteiger partial charge is 0.251 e. The maximum Gasteiger partial charge on any atom is 0.251 e. The molecule has 2 aromatic rings. The van der Waals surface area contributed by atoms with E-state index in [4.69, 9.17) is 4.74 Å². The Morgan fingerprint density at radius 3 is 2.74 bits per heavy atom. The van der Waals surface area contributed by atoms with Crippen molar-refractivity contribution in [3.63, 3.8) is 0 Å². The minimum atomic E-state index is -0.109. The monoisotopic (exact) mass is 258 g/mol. The molecule has 0 unspecified atom stereocenters. The highest BCUT2D eigenvalue weighted by Gasteiger charge is 2.06. The highest BCUT2D eigenvalue weighted by Crippen LogP contribution is 2.23. The zero-order chi connectivity index (χ0) is 13.8. The van der Waals surface area contributed by atoms with E-state index in [1.165, 1.54) is 0 Å². The van der Waals surface area contributed by atoms with Crippen molar-refractivity contribution in [2.24, 2.45) is 0 Å². The van der Waals surface area contributed by atoms with Crippen LogP contribution in [0.2, 0.25) is 0 Å². The summed E-state index contributed by atoms with van der Waals surface area (Å²) < 4.78 is 5.23. The molecule has 1 N–H and O–H groups in total. The van der Waals surface area contributed by atoms with Gasteiger partial charge in [-0.15, -0.1) is 0 Å². The minimum Gasteiger partial charge on any atom is -0.496 e. The molecule has 0 fully saturated rings. The third kappa shape index (κ3) is 3.02. The molecule has 0 radical (unpaired) electrons. The normalized spacial score (nSPS) is 10.5. The number of aryl methyl sites for hydroxylation is 2. The number of methoxy groups -OCH3 is 1. The predicted octanol–water partition coefficient (Wildman–Crippen LogP) is 2.71. The molecule has 1 aromatic heterocycles. The van der Waals surface area contributed by atoms with Gasteiger partial charge in [-0.1, -0.05) is 13.3 Å². The van der Waals surface area contributed by atoms with Crippen LogP contribution >= 0.6 is 0 Å². The van der Waals surface area contributed by atoms with Crippen molar-refractivity contribution >= 4 is 0 Å². The van der Waals surface area contributed by atoms with Gasteiger partial charge in [0.15, 0.2) is 0 Å². The van der Waals surface area contributed by atoms with Crippen molar-refractivity contribution in [1.29, 1.82) is 0 Å². The molecule has 0 aliphatic rings. The van der Waals surface area contributed by atoms with E-state index in [9.17, 15) is 4.79 Å². The Labute approximate surface area is 112 Å². The maximum atomic E-state index is 11.6.